The van der Waals surface area contributed by atoms with Crippen LogP contribution in [0.2, 0.25) is 0 Å². The summed E-state index contributed by atoms with van der Waals surface area (Å²) in [4.78, 5) is 3.93. The summed E-state index contributed by atoms with van der Waals surface area (Å²) in [5, 5.41) is 0. The fourth-order valence-electron chi connectivity index (χ4n) is 1.09. The number of epoxide rings is 1. The molecule has 2 heteroatoms. The van der Waals surface area contributed by atoms with Crippen LogP contribution < -0.4 is 0 Å². The quantitative estimate of drug-likeness (QED) is 0.546. The van der Waals surface area contributed by atoms with E-state index in [1.807, 2.05) is 12.1 Å². The van der Waals surface area contributed by atoms with Crippen LogP contribution >= 0.6 is 0 Å². The molecule has 1 fully saturated rings. The SMILES string of the molecule is CC1OC1c1ccncc1. The molecule has 52 valence electrons. The molecule has 0 saturated carbocycles. The summed E-state index contributed by atoms with van der Waals surface area (Å²) in [6.45, 7) is 2.07. The van der Waals surface area contributed by atoms with Gasteiger partial charge in [-0.05, 0) is 24.6 Å². The van der Waals surface area contributed by atoms with E-state index in [1.165, 1.54) is 5.56 Å². The third-order valence-corrected chi connectivity index (χ3v) is 1.75. The summed E-state index contributed by atoms with van der Waals surface area (Å²) < 4.78 is 5.28. The summed E-state index contributed by atoms with van der Waals surface area (Å²) in [7, 11) is 0. The van der Waals surface area contributed by atoms with Crippen LogP contribution in [0.3, 0.4) is 0 Å². The van der Waals surface area contributed by atoms with Crippen LogP contribution in [0, 0.1) is 0 Å². The van der Waals surface area contributed by atoms with E-state index in [-0.39, 0.29) is 0 Å². The number of hydrogen-bond donors (Lipinski definition) is 0. The Morgan fingerprint density at radius 2 is 2.00 bits per heavy atom. The predicted molar refractivity (Wildman–Crippen MR) is 37.5 cm³/mol. The Morgan fingerprint density at radius 1 is 1.40 bits per heavy atom. The van der Waals surface area contributed by atoms with Crippen molar-refractivity contribution in [1.82, 2.24) is 4.98 Å². The topological polar surface area (TPSA) is 25.4 Å². The smallest absolute Gasteiger partial charge is 0.109 e. The number of ether oxygens (including phenoxy) is 1. The number of pyridine rings is 1. The van der Waals surface area contributed by atoms with Gasteiger partial charge in [-0.15, -0.1) is 0 Å². The average molecular weight is 135 g/mol. The third-order valence-electron chi connectivity index (χ3n) is 1.75. The first-order chi connectivity index (χ1) is 4.88. The molecule has 0 N–H and O–H groups in total. The standard InChI is InChI=1S/C8H9NO/c1-6-8(10-6)7-2-4-9-5-3-7/h2-6,8H,1H3. The van der Waals surface area contributed by atoms with Crippen molar-refractivity contribution in [3.8, 4) is 0 Å². The molecule has 0 radical (unpaired) electrons. The van der Waals surface area contributed by atoms with E-state index in [2.05, 4.69) is 11.9 Å². The molecular formula is C8H9NO. The molecule has 0 amide bonds. The van der Waals surface area contributed by atoms with Crippen molar-refractivity contribution in [3.05, 3.63) is 30.1 Å². The number of nitrogens with zero attached hydrogens (tertiary/aromatic N) is 1. The van der Waals surface area contributed by atoms with Gasteiger partial charge in [-0.1, -0.05) is 0 Å². The van der Waals surface area contributed by atoms with Crippen LogP contribution in [0.15, 0.2) is 24.5 Å². The zero-order valence-corrected chi connectivity index (χ0v) is 5.82. The largest absolute Gasteiger partial charge is 0.365 e. The maximum atomic E-state index is 5.28. The van der Waals surface area contributed by atoms with E-state index in [1.54, 1.807) is 12.4 Å². The van der Waals surface area contributed by atoms with Crippen molar-refractivity contribution in [2.24, 2.45) is 0 Å². The van der Waals surface area contributed by atoms with E-state index in [0.29, 0.717) is 12.2 Å². The molecular weight excluding hydrogens is 126 g/mol. The molecule has 1 saturated heterocycles. The molecule has 0 spiro atoms. The van der Waals surface area contributed by atoms with Crippen LogP contribution in [0.25, 0.3) is 0 Å². The molecule has 2 rings (SSSR count). The highest BCUT2D eigenvalue weighted by Gasteiger charge is 2.35. The first-order valence-electron chi connectivity index (χ1n) is 3.43. The second kappa shape index (κ2) is 2.06. The van der Waals surface area contributed by atoms with Crippen molar-refractivity contribution < 1.29 is 4.74 Å². The summed E-state index contributed by atoms with van der Waals surface area (Å²) in [5.74, 6) is 0. The Labute approximate surface area is 59.9 Å². The minimum atomic E-state index is 0.336. The fraction of sp³-hybridized carbons (Fsp3) is 0.375. The molecule has 1 aromatic heterocycles. The maximum absolute atomic E-state index is 5.28. The van der Waals surface area contributed by atoms with Gasteiger partial charge in [0.25, 0.3) is 0 Å². The van der Waals surface area contributed by atoms with Crippen LogP contribution in [0.1, 0.15) is 18.6 Å². The van der Waals surface area contributed by atoms with Gasteiger partial charge < -0.3 is 4.74 Å². The fourth-order valence-corrected chi connectivity index (χ4v) is 1.09. The minimum absolute atomic E-state index is 0.336. The molecule has 0 aliphatic carbocycles. The minimum Gasteiger partial charge on any atom is -0.365 e. The summed E-state index contributed by atoms with van der Waals surface area (Å²) in [6.07, 6.45) is 4.33. The van der Waals surface area contributed by atoms with Gasteiger partial charge in [0.2, 0.25) is 0 Å². The predicted octanol–water partition coefficient (Wildman–Crippen LogP) is 1.54. The Hall–Kier alpha value is -0.890. The van der Waals surface area contributed by atoms with Gasteiger partial charge in [0, 0.05) is 12.4 Å². The van der Waals surface area contributed by atoms with Crippen molar-refractivity contribution in [3.63, 3.8) is 0 Å². The normalized spacial score (nSPS) is 30.1. The van der Waals surface area contributed by atoms with E-state index in [9.17, 15) is 0 Å². The maximum Gasteiger partial charge on any atom is 0.109 e. The Kier molecular flexibility index (Phi) is 1.21. The van der Waals surface area contributed by atoms with Gasteiger partial charge >= 0.3 is 0 Å². The second-order valence-corrected chi connectivity index (χ2v) is 2.54. The van der Waals surface area contributed by atoms with Gasteiger partial charge in [0.05, 0.1) is 6.10 Å². The highest BCUT2D eigenvalue weighted by atomic mass is 16.6. The van der Waals surface area contributed by atoms with Crippen LogP contribution in [-0.2, 0) is 4.74 Å². The third kappa shape index (κ3) is 0.907. The lowest BCUT2D eigenvalue weighted by molar-refractivity contribution is 0.383. The molecule has 0 aromatic carbocycles. The highest BCUT2D eigenvalue weighted by Crippen LogP contribution is 2.37. The van der Waals surface area contributed by atoms with Crippen LogP contribution in [0.4, 0.5) is 0 Å². The van der Waals surface area contributed by atoms with E-state index in [0.717, 1.165) is 0 Å². The molecule has 1 aliphatic rings. The Morgan fingerprint density at radius 3 is 2.50 bits per heavy atom. The van der Waals surface area contributed by atoms with E-state index in [4.69, 9.17) is 4.74 Å². The van der Waals surface area contributed by atoms with Crippen molar-refractivity contribution >= 4 is 0 Å². The van der Waals surface area contributed by atoms with Gasteiger partial charge in [-0.25, -0.2) is 0 Å². The van der Waals surface area contributed by atoms with Crippen LogP contribution in [-0.4, -0.2) is 11.1 Å². The zero-order valence-electron chi connectivity index (χ0n) is 5.82. The summed E-state index contributed by atoms with van der Waals surface area (Å²) >= 11 is 0. The molecule has 1 aromatic rings. The first kappa shape index (κ1) is 5.86. The van der Waals surface area contributed by atoms with E-state index >= 15 is 0 Å². The average Bonchev–Trinajstić information content (AvgIpc) is 2.69. The van der Waals surface area contributed by atoms with Crippen molar-refractivity contribution in [1.29, 1.82) is 0 Å². The number of hydrogen-bond acceptors (Lipinski definition) is 2. The zero-order chi connectivity index (χ0) is 6.97. The van der Waals surface area contributed by atoms with Gasteiger partial charge in [-0.3, -0.25) is 4.98 Å². The van der Waals surface area contributed by atoms with Crippen LogP contribution in [0.5, 0.6) is 0 Å². The number of aromatic nitrogens is 1. The molecule has 2 nitrogen and oxygen atoms in total. The lowest BCUT2D eigenvalue weighted by Gasteiger charge is -1.90. The van der Waals surface area contributed by atoms with Gasteiger partial charge in [0.1, 0.15) is 6.10 Å². The lowest BCUT2D eigenvalue weighted by atomic mass is 10.2. The van der Waals surface area contributed by atoms with Gasteiger partial charge in [-0.2, -0.15) is 0 Å². The molecule has 2 atom stereocenters. The first-order valence-corrected chi connectivity index (χ1v) is 3.43. The molecule has 1 aliphatic heterocycles. The lowest BCUT2D eigenvalue weighted by Crippen LogP contribution is -1.82. The summed E-state index contributed by atoms with van der Waals surface area (Å²) in [6, 6.07) is 3.99. The number of rotatable bonds is 1. The van der Waals surface area contributed by atoms with Crippen molar-refractivity contribution in [2.45, 2.75) is 19.1 Å². The molecule has 10 heavy (non-hydrogen) atoms. The van der Waals surface area contributed by atoms with Gasteiger partial charge in [0.15, 0.2) is 0 Å². The van der Waals surface area contributed by atoms with Crippen molar-refractivity contribution in [2.75, 3.05) is 0 Å². The Balaban J connectivity index is 2.20. The molecule has 0 bridgehead atoms. The summed E-state index contributed by atoms with van der Waals surface area (Å²) in [5.41, 5.74) is 1.24. The molecule has 2 unspecified atom stereocenters. The highest BCUT2D eigenvalue weighted by molar-refractivity contribution is 5.18. The Bertz CT molecular complexity index is 222. The second-order valence-electron chi connectivity index (χ2n) is 2.54. The van der Waals surface area contributed by atoms with E-state index < -0.39 is 0 Å². The molecule has 2 heterocycles. The monoisotopic (exact) mass is 135 g/mol.